The molecule has 1 aliphatic rings. The molecule has 10 nitrogen and oxygen atoms in total. The van der Waals surface area contributed by atoms with E-state index in [9.17, 15) is 36.3 Å². The Morgan fingerprint density at radius 1 is 1.09 bits per heavy atom. The van der Waals surface area contributed by atoms with E-state index in [0.717, 1.165) is 24.3 Å². The van der Waals surface area contributed by atoms with Crippen LogP contribution >= 0.6 is 0 Å². The summed E-state index contributed by atoms with van der Waals surface area (Å²) in [5.74, 6) is -0.928. The Morgan fingerprint density at radius 2 is 1.75 bits per heavy atom. The van der Waals surface area contributed by atoms with E-state index in [1.807, 2.05) is 0 Å². The normalized spacial score (nSPS) is 17.9. The number of alkyl halides is 3. The number of nitrogens with zero attached hydrogens (tertiary/aromatic N) is 2. The maximum Gasteiger partial charge on any atom is 0.416 e. The van der Waals surface area contributed by atoms with Gasteiger partial charge < -0.3 is 25.0 Å². The van der Waals surface area contributed by atoms with Crippen LogP contribution in [0, 0.1) is 5.92 Å². The molecule has 4 rings (SSSR count). The number of hydrogen-bond donors (Lipinski definition) is 3. The van der Waals surface area contributed by atoms with Crippen LogP contribution in [-0.4, -0.2) is 74.2 Å². The van der Waals surface area contributed by atoms with E-state index >= 15 is 0 Å². The Kier molecular flexibility index (Phi) is 9.74. The number of halogens is 3. The average Bonchev–Trinajstić information content (AvgIpc) is 2.98. The number of sulfonamides is 1. The van der Waals surface area contributed by atoms with Crippen molar-refractivity contribution in [1.29, 1.82) is 0 Å². The van der Waals surface area contributed by atoms with Gasteiger partial charge >= 0.3 is 12.2 Å². The van der Waals surface area contributed by atoms with Gasteiger partial charge in [-0.2, -0.15) is 13.2 Å². The zero-order chi connectivity index (χ0) is 32.2. The molecule has 14 heteroatoms. The van der Waals surface area contributed by atoms with Gasteiger partial charge in [-0.3, -0.25) is 9.52 Å². The number of ether oxygens (including phenoxy) is 1. The summed E-state index contributed by atoms with van der Waals surface area (Å²) in [4.78, 5) is 29.4. The number of anilines is 2. The number of aliphatic hydroxyl groups excluding tert-OH is 1. The van der Waals surface area contributed by atoms with Crippen molar-refractivity contribution in [2.45, 2.75) is 37.1 Å². The molecule has 0 bridgehead atoms. The molecule has 3 amide bonds. The van der Waals surface area contributed by atoms with Crippen molar-refractivity contribution in [3.8, 4) is 5.75 Å². The minimum Gasteiger partial charge on any atom is -0.485 e. The molecule has 1 heterocycles. The van der Waals surface area contributed by atoms with Gasteiger partial charge in [0.05, 0.1) is 40.9 Å². The van der Waals surface area contributed by atoms with Crippen molar-refractivity contribution in [2.75, 3.05) is 36.8 Å². The summed E-state index contributed by atoms with van der Waals surface area (Å²) in [5, 5.41) is 12.4. The predicted molar refractivity (Wildman–Crippen MR) is 158 cm³/mol. The molecule has 0 spiro atoms. The molecular weight excluding hydrogens is 601 g/mol. The number of aliphatic hydroxyl groups is 1. The average molecular weight is 635 g/mol. The number of carbonyl (C=O) groups excluding carboxylic acids is 2. The van der Waals surface area contributed by atoms with Gasteiger partial charge in [-0.15, -0.1) is 0 Å². The number of likely N-dealkylation sites (N-methyl/N-ethyl adjacent to an activating group) is 1. The second-order valence-corrected chi connectivity index (χ2v) is 12.3. The minimum atomic E-state index is -4.52. The second-order valence-electron chi connectivity index (χ2n) is 10.6. The Morgan fingerprint density at radius 3 is 2.36 bits per heavy atom. The number of para-hydroxylation sites is 1. The third-order valence-electron chi connectivity index (χ3n) is 7.25. The topological polar surface area (TPSA) is 128 Å². The molecule has 3 aromatic carbocycles. The third kappa shape index (κ3) is 7.42. The summed E-state index contributed by atoms with van der Waals surface area (Å²) in [6, 6.07) is 14.9. The quantitative estimate of drug-likeness (QED) is 0.324. The van der Waals surface area contributed by atoms with Crippen LogP contribution in [-0.2, 0) is 16.2 Å². The number of rotatable bonds is 8. The van der Waals surface area contributed by atoms with E-state index in [1.165, 1.54) is 47.2 Å². The molecule has 0 saturated heterocycles. The van der Waals surface area contributed by atoms with E-state index in [2.05, 4.69) is 10.0 Å². The van der Waals surface area contributed by atoms with Crippen molar-refractivity contribution in [3.05, 3.63) is 83.9 Å². The van der Waals surface area contributed by atoms with Crippen LogP contribution < -0.4 is 14.8 Å². The molecule has 0 radical (unpaired) electrons. The first kappa shape index (κ1) is 32.6. The molecule has 44 heavy (non-hydrogen) atoms. The van der Waals surface area contributed by atoms with Crippen LogP contribution in [0.4, 0.5) is 29.3 Å². The van der Waals surface area contributed by atoms with Crippen LogP contribution in [0.3, 0.4) is 0 Å². The molecule has 3 aromatic rings. The number of nitrogens with one attached hydrogen (secondary N) is 2. The molecule has 236 valence electrons. The fraction of sp³-hybridized carbons (Fsp3) is 0.333. The fourth-order valence-electron chi connectivity index (χ4n) is 4.66. The van der Waals surface area contributed by atoms with Crippen molar-refractivity contribution in [2.24, 2.45) is 5.92 Å². The van der Waals surface area contributed by atoms with Crippen LogP contribution in [0.1, 0.15) is 29.8 Å². The number of benzene rings is 3. The minimum absolute atomic E-state index is 0.00473. The first-order valence-corrected chi connectivity index (χ1v) is 15.2. The zero-order valence-corrected chi connectivity index (χ0v) is 25.0. The summed E-state index contributed by atoms with van der Waals surface area (Å²) < 4.78 is 74.0. The number of amides is 3. The Hall–Kier alpha value is -4.30. The smallest absolute Gasteiger partial charge is 0.416 e. The number of urea groups is 1. The molecule has 0 unspecified atom stereocenters. The van der Waals surface area contributed by atoms with Gasteiger partial charge in [0.1, 0.15) is 6.10 Å². The molecule has 3 atom stereocenters. The molecule has 1 aliphatic heterocycles. The summed E-state index contributed by atoms with van der Waals surface area (Å²) >= 11 is 0. The lowest BCUT2D eigenvalue weighted by molar-refractivity contribution is -0.137. The van der Waals surface area contributed by atoms with E-state index in [1.54, 1.807) is 32.0 Å². The van der Waals surface area contributed by atoms with Crippen LogP contribution in [0.2, 0.25) is 0 Å². The largest absolute Gasteiger partial charge is 0.485 e. The maximum absolute atomic E-state index is 13.7. The van der Waals surface area contributed by atoms with Gasteiger partial charge in [-0.05, 0) is 55.5 Å². The highest BCUT2D eigenvalue weighted by Gasteiger charge is 2.36. The van der Waals surface area contributed by atoms with Gasteiger partial charge in [0.15, 0.2) is 5.75 Å². The van der Waals surface area contributed by atoms with Crippen LogP contribution in [0.25, 0.3) is 0 Å². The Balaban J connectivity index is 1.64. The molecule has 3 N–H and O–H groups in total. The van der Waals surface area contributed by atoms with E-state index in [4.69, 9.17) is 4.74 Å². The summed E-state index contributed by atoms with van der Waals surface area (Å²) in [6.07, 6.45) is -5.29. The van der Waals surface area contributed by atoms with Gasteiger partial charge in [-0.1, -0.05) is 31.2 Å². The molecule has 0 saturated carbocycles. The lowest BCUT2D eigenvalue weighted by atomic mass is 9.99. The number of fused-ring (bicyclic) bond motifs is 1. The van der Waals surface area contributed by atoms with Crippen molar-refractivity contribution >= 4 is 33.3 Å². The van der Waals surface area contributed by atoms with Crippen molar-refractivity contribution in [3.63, 3.8) is 0 Å². The summed E-state index contributed by atoms with van der Waals surface area (Å²) in [6.45, 7) is 3.25. The van der Waals surface area contributed by atoms with E-state index < -0.39 is 51.8 Å². The standard InChI is InChI=1S/C30H33F3N4O6S/c1-19-16-37(20(2)18-38)28(39)24-10-7-11-25(35-44(41,42)23-8-5-4-6-9-23)27(24)43-26(19)17-36(3)29(40)34-22-14-12-21(13-15-22)30(31,32)33/h4-15,19-20,26,35,38H,16-18H2,1-3H3,(H,34,40)/t19-,20-,26+/m1/s1. The maximum atomic E-state index is 13.7. The lowest BCUT2D eigenvalue weighted by Gasteiger charge is -2.38. The monoisotopic (exact) mass is 634 g/mol. The summed E-state index contributed by atoms with van der Waals surface area (Å²) in [7, 11) is -2.60. The fourth-order valence-corrected chi connectivity index (χ4v) is 5.74. The number of hydrogen-bond acceptors (Lipinski definition) is 6. The van der Waals surface area contributed by atoms with Crippen molar-refractivity contribution < 1.29 is 41.0 Å². The lowest BCUT2D eigenvalue weighted by Crippen LogP contribution is -2.50. The van der Waals surface area contributed by atoms with Gasteiger partial charge in [0.25, 0.3) is 15.9 Å². The van der Waals surface area contributed by atoms with Gasteiger partial charge in [0.2, 0.25) is 0 Å². The molecule has 0 aliphatic carbocycles. The summed E-state index contributed by atoms with van der Waals surface area (Å²) in [5.41, 5.74) is -0.633. The molecule has 0 aromatic heterocycles. The van der Waals surface area contributed by atoms with E-state index in [-0.39, 0.29) is 47.3 Å². The highest BCUT2D eigenvalue weighted by Crippen LogP contribution is 2.36. The Labute approximate surface area is 253 Å². The first-order valence-electron chi connectivity index (χ1n) is 13.7. The van der Waals surface area contributed by atoms with Gasteiger partial charge in [-0.25, -0.2) is 13.2 Å². The third-order valence-corrected chi connectivity index (χ3v) is 8.63. The van der Waals surface area contributed by atoms with Crippen LogP contribution in [0.5, 0.6) is 5.75 Å². The molecule has 0 fully saturated rings. The highest BCUT2D eigenvalue weighted by molar-refractivity contribution is 7.92. The first-order chi connectivity index (χ1) is 20.7. The molecular formula is C30H33F3N4O6S. The van der Waals surface area contributed by atoms with Crippen LogP contribution in [0.15, 0.2) is 77.7 Å². The van der Waals surface area contributed by atoms with Gasteiger partial charge in [0, 0.05) is 25.2 Å². The van der Waals surface area contributed by atoms with E-state index in [0.29, 0.717) is 0 Å². The Bertz CT molecular complexity index is 1590. The second kappa shape index (κ2) is 13.1. The number of carbonyl (C=O) groups is 2. The SMILES string of the molecule is C[C@@H]1CN([C@H](C)CO)C(=O)c2cccc(NS(=O)(=O)c3ccccc3)c2O[C@H]1CN(C)C(=O)Nc1ccc(C(F)(F)F)cc1. The highest BCUT2D eigenvalue weighted by atomic mass is 32.2. The van der Waals surface area contributed by atoms with Crippen molar-refractivity contribution in [1.82, 2.24) is 9.80 Å². The predicted octanol–water partition coefficient (Wildman–Crippen LogP) is 4.89. The zero-order valence-electron chi connectivity index (χ0n) is 24.2.